The van der Waals surface area contributed by atoms with Crippen molar-refractivity contribution in [1.82, 2.24) is 19.7 Å². The first-order chi connectivity index (χ1) is 10.5. The van der Waals surface area contributed by atoms with Crippen molar-refractivity contribution >= 4 is 22.8 Å². The Bertz CT molecular complexity index is 785. The van der Waals surface area contributed by atoms with Gasteiger partial charge in [0.05, 0.1) is 16.8 Å². The van der Waals surface area contributed by atoms with Gasteiger partial charge in [-0.3, -0.25) is 0 Å². The molecule has 0 bridgehead atoms. The molecule has 0 aliphatic carbocycles. The fourth-order valence-electron chi connectivity index (χ4n) is 2.21. The summed E-state index contributed by atoms with van der Waals surface area (Å²) >= 11 is 1.63. The molecule has 0 saturated heterocycles. The largest absolute Gasteiger partial charge is 0.338 e. The first-order valence-electron chi connectivity index (χ1n) is 7.40. The Morgan fingerprint density at radius 3 is 2.64 bits per heavy atom. The average Bonchev–Trinajstić information content (AvgIpc) is 3.08. The van der Waals surface area contributed by atoms with E-state index in [1.807, 2.05) is 18.2 Å². The summed E-state index contributed by atoms with van der Waals surface area (Å²) in [6.45, 7) is 9.24. The lowest BCUT2D eigenvalue weighted by Crippen LogP contribution is -2.13. The maximum absolute atomic E-state index is 5.34. The maximum atomic E-state index is 5.34. The molecule has 0 radical (unpaired) electrons. The number of hydrogen-bond donors (Lipinski definition) is 0. The van der Waals surface area contributed by atoms with Gasteiger partial charge in [-0.05, 0) is 19.1 Å². The van der Waals surface area contributed by atoms with E-state index in [1.54, 1.807) is 11.8 Å². The molecule has 0 amide bonds. The molecule has 5 nitrogen and oxygen atoms in total. The van der Waals surface area contributed by atoms with E-state index in [-0.39, 0.29) is 5.41 Å². The Morgan fingerprint density at radius 2 is 1.95 bits per heavy atom. The van der Waals surface area contributed by atoms with Gasteiger partial charge in [-0.25, -0.2) is 4.98 Å². The number of rotatable bonds is 4. The molecule has 0 spiro atoms. The number of para-hydroxylation sites is 2. The Kier molecular flexibility index (Phi) is 3.95. The van der Waals surface area contributed by atoms with Gasteiger partial charge in [-0.15, -0.1) is 0 Å². The van der Waals surface area contributed by atoms with Crippen molar-refractivity contribution in [2.24, 2.45) is 0 Å². The molecule has 0 atom stereocenters. The van der Waals surface area contributed by atoms with Crippen LogP contribution in [0.5, 0.6) is 0 Å². The van der Waals surface area contributed by atoms with Crippen LogP contribution in [-0.4, -0.2) is 19.7 Å². The highest BCUT2D eigenvalue weighted by molar-refractivity contribution is 7.98. The molecule has 0 unspecified atom stereocenters. The Hall–Kier alpha value is -1.82. The van der Waals surface area contributed by atoms with Gasteiger partial charge in [0.15, 0.2) is 11.0 Å². The molecule has 3 aromatic rings. The van der Waals surface area contributed by atoms with Gasteiger partial charge in [-0.1, -0.05) is 49.8 Å². The molecule has 0 fully saturated rings. The summed E-state index contributed by atoms with van der Waals surface area (Å²) < 4.78 is 7.55. The fraction of sp³-hybridized carbons (Fsp3) is 0.438. The van der Waals surface area contributed by atoms with Crippen LogP contribution in [0.15, 0.2) is 33.9 Å². The van der Waals surface area contributed by atoms with Crippen LogP contribution in [0.25, 0.3) is 11.0 Å². The normalized spacial score (nSPS) is 12.2. The number of aromatic nitrogens is 4. The third-order valence-corrected chi connectivity index (χ3v) is 4.36. The van der Waals surface area contributed by atoms with Crippen LogP contribution in [0, 0.1) is 0 Å². The van der Waals surface area contributed by atoms with Crippen molar-refractivity contribution < 1.29 is 4.52 Å². The van der Waals surface area contributed by atoms with Crippen LogP contribution in [0.4, 0.5) is 0 Å². The lowest BCUT2D eigenvalue weighted by atomic mass is 9.96. The molecule has 2 aromatic heterocycles. The minimum Gasteiger partial charge on any atom is -0.338 e. The van der Waals surface area contributed by atoms with Crippen LogP contribution in [0.2, 0.25) is 0 Å². The van der Waals surface area contributed by atoms with Crippen molar-refractivity contribution in [1.29, 1.82) is 0 Å². The maximum Gasteiger partial charge on any atom is 0.237 e. The number of imidazole rings is 1. The smallest absolute Gasteiger partial charge is 0.237 e. The van der Waals surface area contributed by atoms with Gasteiger partial charge in [0, 0.05) is 12.0 Å². The summed E-state index contributed by atoms with van der Waals surface area (Å²) in [6.07, 6.45) is 0. The quantitative estimate of drug-likeness (QED) is 0.680. The van der Waals surface area contributed by atoms with E-state index in [0.29, 0.717) is 11.6 Å². The molecule has 2 heterocycles. The number of nitrogens with zero attached hydrogens (tertiary/aromatic N) is 4. The second-order valence-electron chi connectivity index (χ2n) is 6.18. The Morgan fingerprint density at radius 1 is 1.18 bits per heavy atom. The lowest BCUT2D eigenvalue weighted by Gasteiger charge is -2.10. The minimum absolute atomic E-state index is 0.0943. The summed E-state index contributed by atoms with van der Waals surface area (Å²) in [6, 6.07) is 8.19. The molecule has 0 saturated carbocycles. The van der Waals surface area contributed by atoms with Gasteiger partial charge in [-0.2, -0.15) is 4.98 Å². The molecule has 0 N–H and O–H groups in total. The van der Waals surface area contributed by atoms with E-state index < -0.39 is 0 Å². The van der Waals surface area contributed by atoms with Crippen LogP contribution >= 0.6 is 11.8 Å². The van der Waals surface area contributed by atoms with Gasteiger partial charge in [0.2, 0.25) is 5.89 Å². The molecule has 116 valence electrons. The minimum atomic E-state index is -0.0943. The molecular formula is C16H20N4OS. The monoisotopic (exact) mass is 316 g/mol. The number of hydrogen-bond acceptors (Lipinski definition) is 5. The van der Waals surface area contributed by atoms with Crippen molar-refractivity contribution in [2.75, 3.05) is 0 Å². The standard InChI is InChI=1S/C16H20N4OS/c1-5-20-12-9-7-6-8-11(12)17-15(20)22-10-13-18-14(19-21-13)16(2,3)4/h6-9H,5,10H2,1-4H3. The molecule has 3 rings (SSSR count). The van der Waals surface area contributed by atoms with E-state index in [1.165, 1.54) is 0 Å². The first kappa shape index (κ1) is 15.1. The summed E-state index contributed by atoms with van der Waals surface area (Å²) in [7, 11) is 0. The van der Waals surface area contributed by atoms with E-state index in [2.05, 4.69) is 48.5 Å². The summed E-state index contributed by atoms with van der Waals surface area (Å²) in [5.41, 5.74) is 2.09. The number of thioether (sulfide) groups is 1. The Balaban J connectivity index is 1.80. The molecular weight excluding hydrogens is 296 g/mol. The molecule has 22 heavy (non-hydrogen) atoms. The summed E-state index contributed by atoms with van der Waals surface area (Å²) in [5.74, 6) is 2.02. The third kappa shape index (κ3) is 2.88. The molecule has 6 heteroatoms. The zero-order valence-electron chi connectivity index (χ0n) is 13.3. The number of fused-ring (bicyclic) bond motifs is 1. The predicted octanol–water partition coefficient (Wildman–Crippen LogP) is 4.03. The Labute approximate surface area is 134 Å². The second-order valence-corrected chi connectivity index (χ2v) is 7.12. The van der Waals surface area contributed by atoms with Gasteiger partial charge >= 0.3 is 0 Å². The van der Waals surface area contributed by atoms with Crippen LogP contribution in [-0.2, 0) is 17.7 Å². The zero-order chi connectivity index (χ0) is 15.7. The van der Waals surface area contributed by atoms with Crippen molar-refractivity contribution in [3.63, 3.8) is 0 Å². The SMILES string of the molecule is CCn1c(SCc2nc(C(C)(C)C)no2)nc2ccccc21. The summed E-state index contributed by atoms with van der Waals surface area (Å²) in [4.78, 5) is 9.16. The molecule has 0 aliphatic rings. The second kappa shape index (κ2) is 5.76. The van der Waals surface area contributed by atoms with Gasteiger partial charge in [0.1, 0.15) is 0 Å². The van der Waals surface area contributed by atoms with Crippen LogP contribution < -0.4 is 0 Å². The van der Waals surface area contributed by atoms with Gasteiger partial charge < -0.3 is 9.09 Å². The first-order valence-corrected chi connectivity index (χ1v) is 8.38. The van der Waals surface area contributed by atoms with E-state index in [9.17, 15) is 0 Å². The molecule has 0 aliphatic heterocycles. The topological polar surface area (TPSA) is 56.7 Å². The van der Waals surface area contributed by atoms with Crippen molar-refractivity contribution in [2.45, 2.75) is 50.6 Å². The van der Waals surface area contributed by atoms with Crippen LogP contribution in [0.3, 0.4) is 0 Å². The van der Waals surface area contributed by atoms with Crippen molar-refractivity contribution in [3.05, 3.63) is 36.0 Å². The average molecular weight is 316 g/mol. The summed E-state index contributed by atoms with van der Waals surface area (Å²) in [5, 5.41) is 5.04. The van der Waals surface area contributed by atoms with Gasteiger partial charge in [0.25, 0.3) is 0 Å². The van der Waals surface area contributed by atoms with E-state index in [4.69, 9.17) is 9.51 Å². The highest BCUT2D eigenvalue weighted by atomic mass is 32.2. The third-order valence-electron chi connectivity index (χ3n) is 3.40. The fourth-order valence-corrected chi connectivity index (χ4v) is 3.13. The lowest BCUT2D eigenvalue weighted by molar-refractivity contribution is 0.372. The van der Waals surface area contributed by atoms with Crippen molar-refractivity contribution in [3.8, 4) is 0 Å². The van der Waals surface area contributed by atoms with E-state index in [0.717, 1.165) is 28.6 Å². The molecule has 1 aromatic carbocycles. The number of benzene rings is 1. The predicted molar refractivity (Wildman–Crippen MR) is 88.0 cm³/mol. The zero-order valence-corrected chi connectivity index (χ0v) is 14.1. The van der Waals surface area contributed by atoms with Crippen LogP contribution in [0.1, 0.15) is 39.4 Å². The highest BCUT2D eigenvalue weighted by Gasteiger charge is 2.21. The number of aryl methyl sites for hydroxylation is 1. The van der Waals surface area contributed by atoms with E-state index >= 15 is 0 Å². The highest BCUT2D eigenvalue weighted by Crippen LogP contribution is 2.27.